The maximum absolute atomic E-state index is 13.1. The molecule has 0 unspecified atom stereocenters. The summed E-state index contributed by atoms with van der Waals surface area (Å²) < 4.78 is 22.8. The molecule has 4 rings (SSSR count). The molecule has 1 aliphatic heterocycles. The highest BCUT2D eigenvalue weighted by atomic mass is 19.1. The molecule has 0 atom stereocenters. The minimum Gasteiger partial charge on any atom is -0.378 e. The molecule has 0 bridgehead atoms. The third-order valence-electron chi connectivity index (χ3n) is 4.88. The van der Waals surface area contributed by atoms with Crippen LogP contribution in [0.4, 0.5) is 10.3 Å². The molecule has 3 heterocycles. The van der Waals surface area contributed by atoms with Gasteiger partial charge in [0.05, 0.1) is 19.8 Å². The van der Waals surface area contributed by atoms with Crippen molar-refractivity contribution in [2.45, 2.75) is 6.54 Å². The van der Waals surface area contributed by atoms with E-state index < -0.39 is 11.2 Å². The fourth-order valence-corrected chi connectivity index (χ4v) is 3.39. The maximum atomic E-state index is 13.1. The van der Waals surface area contributed by atoms with Gasteiger partial charge in [0, 0.05) is 27.2 Å². The number of hydrogen-bond acceptors (Lipinski definition) is 5. The molecule has 3 aromatic rings. The Balaban J connectivity index is 1.86. The van der Waals surface area contributed by atoms with Gasteiger partial charge < -0.3 is 14.2 Å². The van der Waals surface area contributed by atoms with E-state index in [4.69, 9.17) is 4.74 Å². The maximum Gasteiger partial charge on any atom is 0.332 e. The van der Waals surface area contributed by atoms with Crippen LogP contribution in [0.25, 0.3) is 11.2 Å². The lowest BCUT2D eigenvalue weighted by atomic mass is 10.2. The van der Waals surface area contributed by atoms with Crippen LogP contribution >= 0.6 is 0 Å². The first-order valence-electron chi connectivity index (χ1n) is 8.71. The summed E-state index contributed by atoms with van der Waals surface area (Å²) >= 11 is 0. The first kappa shape index (κ1) is 17.5. The van der Waals surface area contributed by atoms with E-state index in [0.29, 0.717) is 49.0 Å². The minimum atomic E-state index is -0.455. The van der Waals surface area contributed by atoms with Crippen LogP contribution in [0.5, 0.6) is 0 Å². The summed E-state index contributed by atoms with van der Waals surface area (Å²) in [6, 6.07) is 5.75. The topological polar surface area (TPSA) is 74.3 Å². The first-order valence-corrected chi connectivity index (χ1v) is 8.71. The SMILES string of the molecule is Cn1c(N2CCOCC2)nc2c1c(=O)n(Cc1ccc(F)cc1)c(=O)n2C. The third kappa shape index (κ3) is 2.93. The van der Waals surface area contributed by atoms with Gasteiger partial charge in [0.25, 0.3) is 5.56 Å². The largest absolute Gasteiger partial charge is 0.378 e. The zero-order chi connectivity index (χ0) is 19.1. The molecule has 0 amide bonds. The highest BCUT2D eigenvalue weighted by Gasteiger charge is 2.22. The van der Waals surface area contributed by atoms with Gasteiger partial charge in [0.1, 0.15) is 5.82 Å². The number of anilines is 1. The van der Waals surface area contributed by atoms with Crippen molar-refractivity contribution >= 4 is 17.1 Å². The van der Waals surface area contributed by atoms with Crippen LogP contribution in [0.15, 0.2) is 33.9 Å². The van der Waals surface area contributed by atoms with Crippen molar-refractivity contribution < 1.29 is 9.13 Å². The molecule has 0 spiro atoms. The van der Waals surface area contributed by atoms with E-state index in [1.165, 1.54) is 16.7 Å². The number of halogens is 1. The number of ether oxygens (including phenoxy) is 1. The predicted octanol–water partition coefficient (Wildman–Crippen LogP) is 0.458. The van der Waals surface area contributed by atoms with Crippen molar-refractivity contribution in [2.75, 3.05) is 31.2 Å². The van der Waals surface area contributed by atoms with Gasteiger partial charge in [0.2, 0.25) is 5.95 Å². The first-order chi connectivity index (χ1) is 13.0. The van der Waals surface area contributed by atoms with Crippen LogP contribution in [0.3, 0.4) is 0 Å². The molecular formula is C18H20FN5O3. The average molecular weight is 373 g/mol. The van der Waals surface area contributed by atoms with Crippen molar-refractivity contribution in [3.63, 3.8) is 0 Å². The predicted molar refractivity (Wildman–Crippen MR) is 98.7 cm³/mol. The number of fused-ring (bicyclic) bond motifs is 1. The number of imidazole rings is 1. The number of benzene rings is 1. The second-order valence-corrected chi connectivity index (χ2v) is 6.60. The van der Waals surface area contributed by atoms with Gasteiger partial charge in [-0.1, -0.05) is 12.1 Å². The summed E-state index contributed by atoms with van der Waals surface area (Å²) in [6.45, 7) is 2.61. The quantitative estimate of drug-likeness (QED) is 0.667. The van der Waals surface area contributed by atoms with Gasteiger partial charge in [-0.25, -0.2) is 9.18 Å². The molecule has 0 radical (unpaired) electrons. The van der Waals surface area contributed by atoms with Crippen LogP contribution < -0.4 is 16.1 Å². The normalized spacial score (nSPS) is 14.9. The molecule has 1 aliphatic rings. The number of rotatable bonds is 3. The van der Waals surface area contributed by atoms with Gasteiger partial charge in [-0.2, -0.15) is 4.98 Å². The summed E-state index contributed by atoms with van der Waals surface area (Å²) in [5, 5.41) is 0. The van der Waals surface area contributed by atoms with E-state index in [1.807, 2.05) is 4.90 Å². The van der Waals surface area contributed by atoms with Crippen molar-refractivity contribution in [3.8, 4) is 0 Å². The van der Waals surface area contributed by atoms with Crippen molar-refractivity contribution in [2.24, 2.45) is 14.1 Å². The van der Waals surface area contributed by atoms with E-state index in [9.17, 15) is 14.0 Å². The second kappa shape index (κ2) is 6.66. The summed E-state index contributed by atoms with van der Waals surface area (Å²) in [4.78, 5) is 32.4. The Morgan fingerprint density at radius 1 is 1.07 bits per heavy atom. The Kier molecular flexibility index (Phi) is 4.31. The zero-order valence-corrected chi connectivity index (χ0v) is 15.2. The Morgan fingerprint density at radius 3 is 2.41 bits per heavy atom. The summed E-state index contributed by atoms with van der Waals surface area (Å²) in [6.07, 6.45) is 0. The van der Waals surface area contributed by atoms with Gasteiger partial charge in [-0.3, -0.25) is 13.9 Å². The molecule has 1 saturated heterocycles. The minimum absolute atomic E-state index is 0.0692. The highest BCUT2D eigenvalue weighted by molar-refractivity contribution is 5.74. The third-order valence-corrected chi connectivity index (χ3v) is 4.88. The van der Waals surface area contributed by atoms with Crippen LogP contribution in [0.2, 0.25) is 0 Å². The van der Waals surface area contributed by atoms with Gasteiger partial charge in [0.15, 0.2) is 11.2 Å². The number of nitrogens with zero attached hydrogens (tertiary/aromatic N) is 5. The standard InChI is InChI=1S/C18H20FN5O3/c1-21-14-15(20-17(21)23-7-9-27-10-8-23)22(2)18(26)24(16(14)25)11-12-3-5-13(19)6-4-12/h3-6H,7-11H2,1-2H3. The molecule has 1 fully saturated rings. The van der Waals surface area contributed by atoms with E-state index in [0.717, 1.165) is 4.57 Å². The molecule has 0 N–H and O–H groups in total. The van der Waals surface area contributed by atoms with E-state index >= 15 is 0 Å². The molecular weight excluding hydrogens is 353 g/mol. The van der Waals surface area contributed by atoms with Crippen molar-refractivity contribution in [3.05, 3.63) is 56.5 Å². The lowest BCUT2D eigenvalue weighted by molar-refractivity contribution is 0.122. The van der Waals surface area contributed by atoms with Crippen LogP contribution in [-0.4, -0.2) is 45.0 Å². The summed E-state index contributed by atoms with van der Waals surface area (Å²) in [5.41, 5.74) is 0.519. The number of aryl methyl sites for hydroxylation is 2. The van der Waals surface area contributed by atoms with Crippen LogP contribution in [-0.2, 0) is 25.4 Å². The van der Waals surface area contributed by atoms with E-state index in [2.05, 4.69) is 4.98 Å². The lowest BCUT2D eigenvalue weighted by Gasteiger charge is -2.27. The van der Waals surface area contributed by atoms with Crippen molar-refractivity contribution in [1.82, 2.24) is 18.7 Å². The Hall–Kier alpha value is -2.94. The van der Waals surface area contributed by atoms with Gasteiger partial charge in [-0.15, -0.1) is 0 Å². The monoisotopic (exact) mass is 373 g/mol. The molecule has 142 valence electrons. The Bertz CT molecular complexity index is 1110. The smallest absolute Gasteiger partial charge is 0.332 e. The van der Waals surface area contributed by atoms with Crippen molar-refractivity contribution in [1.29, 1.82) is 0 Å². The van der Waals surface area contributed by atoms with Gasteiger partial charge >= 0.3 is 5.69 Å². The number of morpholine rings is 1. The Labute approximate surface area is 154 Å². The number of hydrogen-bond donors (Lipinski definition) is 0. The molecule has 8 nitrogen and oxygen atoms in total. The number of aromatic nitrogens is 4. The van der Waals surface area contributed by atoms with Crippen LogP contribution in [0.1, 0.15) is 5.56 Å². The molecule has 0 saturated carbocycles. The molecule has 27 heavy (non-hydrogen) atoms. The second-order valence-electron chi connectivity index (χ2n) is 6.60. The van der Waals surface area contributed by atoms with Crippen LogP contribution in [0, 0.1) is 5.82 Å². The summed E-state index contributed by atoms with van der Waals surface area (Å²) in [7, 11) is 3.37. The van der Waals surface area contributed by atoms with E-state index in [1.54, 1.807) is 30.8 Å². The van der Waals surface area contributed by atoms with Gasteiger partial charge in [-0.05, 0) is 17.7 Å². The average Bonchev–Trinajstić information content (AvgIpc) is 3.03. The molecule has 2 aromatic heterocycles. The molecule has 1 aromatic carbocycles. The molecule has 0 aliphatic carbocycles. The van der Waals surface area contributed by atoms with E-state index in [-0.39, 0.29) is 12.4 Å². The molecule has 9 heteroatoms. The lowest BCUT2D eigenvalue weighted by Crippen LogP contribution is -2.40. The fourth-order valence-electron chi connectivity index (χ4n) is 3.39. The zero-order valence-electron chi connectivity index (χ0n) is 15.2. The fraction of sp³-hybridized carbons (Fsp3) is 0.389. The Morgan fingerprint density at radius 2 is 1.74 bits per heavy atom. The summed E-state index contributed by atoms with van der Waals surface area (Å²) in [5.74, 6) is 0.274. The highest BCUT2D eigenvalue weighted by Crippen LogP contribution is 2.18.